The Hall–Kier alpha value is -2.48. The molecule has 0 aromatic heterocycles. The molecule has 2 aromatic rings. The van der Waals surface area contributed by atoms with E-state index in [-0.39, 0.29) is 0 Å². The predicted octanol–water partition coefficient (Wildman–Crippen LogP) is 8.23. The number of aryl methyl sites for hydroxylation is 1. The van der Waals surface area contributed by atoms with Crippen LogP contribution in [0.3, 0.4) is 0 Å². The fraction of sp³-hybridized carbons (Fsp3) is 0.448. The molecule has 2 heteroatoms. The highest BCUT2D eigenvalue weighted by Gasteiger charge is 2.17. The van der Waals surface area contributed by atoms with E-state index in [0.29, 0.717) is 6.73 Å². The average Bonchev–Trinajstić information content (AvgIpc) is 2.82. The van der Waals surface area contributed by atoms with E-state index in [2.05, 4.69) is 84.7 Å². The van der Waals surface area contributed by atoms with Crippen LogP contribution in [-0.2, 0) is 13.0 Å². The monoisotopic (exact) mass is 417 g/mol. The van der Waals surface area contributed by atoms with Crippen LogP contribution in [0.5, 0.6) is 5.75 Å². The summed E-state index contributed by atoms with van der Waals surface area (Å²) in [7, 11) is 0. The molecular formula is C29H39NO. The lowest BCUT2D eigenvalue weighted by Crippen LogP contribution is -2.31. The van der Waals surface area contributed by atoms with Crippen molar-refractivity contribution in [3.05, 3.63) is 84.0 Å². The van der Waals surface area contributed by atoms with Gasteiger partial charge in [0.25, 0.3) is 0 Å². The second-order valence-electron chi connectivity index (χ2n) is 8.52. The molecule has 0 fully saturated rings. The van der Waals surface area contributed by atoms with Gasteiger partial charge in [-0.1, -0.05) is 87.2 Å². The molecule has 1 aliphatic rings. The fourth-order valence-electron chi connectivity index (χ4n) is 4.05. The summed E-state index contributed by atoms with van der Waals surface area (Å²) in [5.41, 5.74) is 3.97. The van der Waals surface area contributed by atoms with Crippen molar-refractivity contribution < 1.29 is 4.74 Å². The molecule has 166 valence electrons. The topological polar surface area (TPSA) is 12.5 Å². The molecule has 0 saturated heterocycles. The molecule has 0 unspecified atom stereocenters. The lowest BCUT2D eigenvalue weighted by molar-refractivity contribution is 0.289. The normalized spacial score (nSPS) is 13.6. The second-order valence-corrected chi connectivity index (χ2v) is 8.52. The number of allylic oxidation sites excluding steroid dienone is 4. The Bertz CT molecular complexity index is 809. The Labute approximate surface area is 189 Å². The molecule has 0 atom stereocenters. The predicted molar refractivity (Wildman–Crippen MR) is 134 cm³/mol. The fourth-order valence-corrected chi connectivity index (χ4v) is 4.05. The van der Waals surface area contributed by atoms with E-state index in [9.17, 15) is 0 Å². The maximum absolute atomic E-state index is 5.98. The van der Waals surface area contributed by atoms with E-state index in [4.69, 9.17) is 4.74 Å². The quantitative estimate of drug-likeness (QED) is 0.240. The van der Waals surface area contributed by atoms with Crippen molar-refractivity contribution in [1.82, 2.24) is 0 Å². The number of anilines is 1. The van der Waals surface area contributed by atoms with Gasteiger partial charge in [-0.2, -0.15) is 0 Å². The molecule has 3 rings (SSSR count). The van der Waals surface area contributed by atoms with Crippen LogP contribution in [0.2, 0.25) is 0 Å². The summed E-state index contributed by atoms with van der Waals surface area (Å²) in [5.74, 6) is 1.05. The average molecular weight is 418 g/mol. The van der Waals surface area contributed by atoms with Gasteiger partial charge < -0.3 is 9.64 Å². The summed E-state index contributed by atoms with van der Waals surface area (Å²) in [6.07, 6.45) is 21.8. The van der Waals surface area contributed by atoms with Crippen LogP contribution >= 0.6 is 0 Å². The zero-order valence-electron chi connectivity index (χ0n) is 19.3. The number of rotatable bonds is 13. The minimum absolute atomic E-state index is 0.626. The van der Waals surface area contributed by atoms with Gasteiger partial charge >= 0.3 is 0 Å². The first-order chi connectivity index (χ1) is 15.4. The van der Waals surface area contributed by atoms with Gasteiger partial charge in [0.2, 0.25) is 0 Å². The van der Waals surface area contributed by atoms with Gasteiger partial charge in [0.15, 0.2) is 6.73 Å². The largest absolute Gasteiger partial charge is 0.473 e. The summed E-state index contributed by atoms with van der Waals surface area (Å²) in [4.78, 5) is 2.29. The van der Waals surface area contributed by atoms with Crippen LogP contribution < -0.4 is 9.64 Å². The second kappa shape index (κ2) is 13.7. The lowest BCUT2D eigenvalue weighted by Gasteiger charge is -2.31. The molecular weight excluding hydrogens is 378 g/mol. The van der Waals surface area contributed by atoms with Crippen molar-refractivity contribution in [1.29, 1.82) is 0 Å². The molecule has 0 amide bonds. The standard InChI is InChI=1S/C29H39NO/c1-2-3-4-5-6-7-8-9-10-11-12-13-15-18-26-21-22-29-27(23-26)24-30(25-31-29)28-19-16-14-17-20-28/h4-5,7-8,14,16-17,19-23H,2-3,6,9-13,15,18,24-25H2,1H3/b5-4-,8-7-. The smallest absolute Gasteiger partial charge is 0.161 e. The third-order valence-electron chi connectivity index (χ3n) is 5.88. The van der Waals surface area contributed by atoms with Crippen molar-refractivity contribution >= 4 is 5.69 Å². The number of hydrogen-bond donors (Lipinski definition) is 0. The van der Waals surface area contributed by atoms with Gasteiger partial charge in [-0.25, -0.2) is 0 Å². The SMILES string of the molecule is CCC/C=C\C/C=C\CCCCCCCc1ccc2c(c1)CN(c1ccccc1)CO2. The van der Waals surface area contributed by atoms with E-state index >= 15 is 0 Å². The number of nitrogens with zero attached hydrogens (tertiary/aromatic N) is 1. The van der Waals surface area contributed by atoms with E-state index in [0.717, 1.165) is 18.7 Å². The van der Waals surface area contributed by atoms with Gasteiger partial charge in [0.1, 0.15) is 5.75 Å². The summed E-state index contributed by atoms with van der Waals surface area (Å²) < 4.78 is 5.98. The van der Waals surface area contributed by atoms with Crippen LogP contribution in [0.15, 0.2) is 72.8 Å². The molecule has 31 heavy (non-hydrogen) atoms. The number of unbranched alkanes of at least 4 members (excludes halogenated alkanes) is 6. The maximum Gasteiger partial charge on any atom is 0.161 e. The van der Waals surface area contributed by atoms with Crippen molar-refractivity contribution in [3.8, 4) is 5.75 Å². The Kier molecular flexibility index (Phi) is 10.3. The first kappa shape index (κ1) is 23.2. The number of hydrogen-bond acceptors (Lipinski definition) is 2. The van der Waals surface area contributed by atoms with Gasteiger partial charge in [-0.15, -0.1) is 0 Å². The molecule has 2 aromatic carbocycles. The summed E-state index contributed by atoms with van der Waals surface area (Å²) in [6.45, 7) is 3.78. The van der Waals surface area contributed by atoms with Gasteiger partial charge in [-0.3, -0.25) is 0 Å². The minimum Gasteiger partial charge on any atom is -0.473 e. The molecule has 0 saturated carbocycles. The number of ether oxygens (including phenoxy) is 1. The summed E-state index contributed by atoms with van der Waals surface area (Å²) in [6, 6.07) is 17.3. The van der Waals surface area contributed by atoms with Crippen LogP contribution in [0.4, 0.5) is 5.69 Å². The molecule has 0 aliphatic carbocycles. The highest BCUT2D eigenvalue weighted by Crippen LogP contribution is 2.29. The van der Waals surface area contributed by atoms with Crippen LogP contribution in [0, 0.1) is 0 Å². The lowest BCUT2D eigenvalue weighted by atomic mass is 10.0. The summed E-state index contributed by atoms with van der Waals surface area (Å²) in [5, 5.41) is 0. The Morgan fingerprint density at radius 2 is 1.61 bits per heavy atom. The van der Waals surface area contributed by atoms with E-state index in [1.54, 1.807) is 0 Å². The Morgan fingerprint density at radius 3 is 2.45 bits per heavy atom. The van der Waals surface area contributed by atoms with Crippen molar-refractivity contribution in [2.45, 2.75) is 77.7 Å². The molecule has 1 aliphatic heterocycles. The Morgan fingerprint density at radius 1 is 0.839 bits per heavy atom. The molecule has 1 heterocycles. The molecule has 0 radical (unpaired) electrons. The zero-order valence-corrected chi connectivity index (χ0v) is 19.3. The summed E-state index contributed by atoms with van der Waals surface area (Å²) >= 11 is 0. The molecule has 0 N–H and O–H groups in total. The Balaban J connectivity index is 1.30. The first-order valence-corrected chi connectivity index (χ1v) is 12.2. The third-order valence-corrected chi connectivity index (χ3v) is 5.88. The zero-order chi connectivity index (χ0) is 21.6. The van der Waals surface area contributed by atoms with Crippen molar-refractivity contribution in [3.63, 3.8) is 0 Å². The maximum atomic E-state index is 5.98. The third kappa shape index (κ3) is 8.28. The van der Waals surface area contributed by atoms with Gasteiger partial charge in [0, 0.05) is 17.8 Å². The van der Waals surface area contributed by atoms with Gasteiger partial charge in [-0.05, 0) is 62.3 Å². The highest BCUT2D eigenvalue weighted by molar-refractivity contribution is 5.50. The number of para-hydroxylation sites is 1. The number of fused-ring (bicyclic) bond motifs is 1. The van der Waals surface area contributed by atoms with Crippen LogP contribution in [0.1, 0.15) is 75.8 Å². The molecule has 2 nitrogen and oxygen atoms in total. The van der Waals surface area contributed by atoms with Crippen LogP contribution in [0.25, 0.3) is 0 Å². The minimum atomic E-state index is 0.626. The highest BCUT2D eigenvalue weighted by atomic mass is 16.5. The van der Waals surface area contributed by atoms with Crippen molar-refractivity contribution in [2.75, 3.05) is 11.6 Å². The van der Waals surface area contributed by atoms with Gasteiger partial charge in [0.05, 0.1) is 0 Å². The van der Waals surface area contributed by atoms with E-state index in [1.165, 1.54) is 74.6 Å². The molecule has 0 spiro atoms. The van der Waals surface area contributed by atoms with Crippen molar-refractivity contribution in [2.24, 2.45) is 0 Å². The van der Waals surface area contributed by atoms with E-state index < -0.39 is 0 Å². The van der Waals surface area contributed by atoms with Crippen LogP contribution in [-0.4, -0.2) is 6.73 Å². The number of benzene rings is 2. The van der Waals surface area contributed by atoms with E-state index in [1.807, 2.05) is 0 Å². The first-order valence-electron chi connectivity index (χ1n) is 12.2. The molecule has 0 bridgehead atoms.